The molecule has 0 spiro atoms. The highest BCUT2D eigenvalue weighted by atomic mass is 35.5. The molecule has 0 amide bonds. The average molecular weight is 464 g/mol. The van der Waals surface area contributed by atoms with Crippen LogP contribution < -0.4 is 0 Å². The van der Waals surface area contributed by atoms with Crippen molar-refractivity contribution in [2.75, 3.05) is 19.7 Å². The second-order valence-electron chi connectivity index (χ2n) is 7.94. The summed E-state index contributed by atoms with van der Waals surface area (Å²) in [6, 6.07) is 13.3. The van der Waals surface area contributed by atoms with Gasteiger partial charge in [0, 0.05) is 23.7 Å². The molecule has 0 unspecified atom stereocenters. The van der Waals surface area contributed by atoms with Gasteiger partial charge < -0.3 is 4.74 Å². The van der Waals surface area contributed by atoms with Crippen LogP contribution in [-0.4, -0.2) is 44.2 Å². The van der Waals surface area contributed by atoms with Crippen molar-refractivity contribution in [3.05, 3.63) is 64.7 Å². The first-order valence-electron chi connectivity index (χ1n) is 10.2. The molecule has 1 aliphatic heterocycles. The largest absolute Gasteiger partial charge is 0.457 e. The van der Waals surface area contributed by atoms with Crippen LogP contribution in [0.3, 0.4) is 0 Å². The zero-order valence-electron chi connectivity index (χ0n) is 17.6. The number of benzene rings is 2. The lowest BCUT2D eigenvalue weighted by Gasteiger charge is -2.30. The van der Waals surface area contributed by atoms with E-state index in [1.54, 1.807) is 36.4 Å². The van der Waals surface area contributed by atoms with Gasteiger partial charge in [0.15, 0.2) is 12.4 Å². The summed E-state index contributed by atoms with van der Waals surface area (Å²) >= 11 is 5.80. The maximum absolute atomic E-state index is 12.9. The average Bonchev–Trinajstić information content (AvgIpc) is 2.77. The number of halogens is 1. The Morgan fingerprint density at radius 1 is 1.03 bits per heavy atom. The molecule has 1 saturated heterocycles. The number of sulfonamides is 1. The summed E-state index contributed by atoms with van der Waals surface area (Å²) in [7, 11) is -3.60. The molecule has 0 N–H and O–H groups in total. The Morgan fingerprint density at radius 3 is 2.16 bits per heavy atom. The predicted molar refractivity (Wildman–Crippen MR) is 119 cm³/mol. The molecule has 8 heteroatoms. The van der Waals surface area contributed by atoms with Crippen molar-refractivity contribution >= 4 is 33.4 Å². The molecule has 2 aromatic rings. The van der Waals surface area contributed by atoms with Crippen LogP contribution in [-0.2, 0) is 19.6 Å². The van der Waals surface area contributed by atoms with Crippen LogP contribution in [0.1, 0.15) is 48.5 Å². The van der Waals surface area contributed by atoms with Gasteiger partial charge in [-0.1, -0.05) is 37.6 Å². The molecule has 0 atom stereocenters. The molecule has 1 heterocycles. The van der Waals surface area contributed by atoms with E-state index in [0.717, 1.165) is 5.56 Å². The van der Waals surface area contributed by atoms with Crippen LogP contribution in [0.15, 0.2) is 53.4 Å². The maximum Gasteiger partial charge on any atom is 0.309 e. The number of Topliss-reactive ketones (excluding diaryl/α,β-unsaturated/α-hetero) is 1. The second-order valence-corrected chi connectivity index (χ2v) is 10.3. The molecule has 3 rings (SSSR count). The summed E-state index contributed by atoms with van der Waals surface area (Å²) in [5.74, 6) is -0.881. The molecule has 166 valence electrons. The molecule has 1 fully saturated rings. The SMILES string of the molecule is CC(C)c1ccc(S(=O)(=O)N2CCC(C(=O)OCC(=O)c3ccc(Cl)cc3)CC2)cc1. The number of piperidine rings is 1. The number of rotatable bonds is 7. The van der Waals surface area contributed by atoms with Crippen LogP contribution >= 0.6 is 11.6 Å². The smallest absolute Gasteiger partial charge is 0.309 e. The Bertz CT molecular complexity index is 1020. The summed E-state index contributed by atoms with van der Waals surface area (Å²) in [6.45, 7) is 4.23. The topological polar surface area (TPSA) is 80.8 Å². The van der Waals surface area contributed by atoms with E-state index in [0.29, 0.717) is 29.3 Å². The Balaban J connectivity index is 1.52. The summed E-state index contributed by atoms with van der Waals surface area (Å²) in [5, 5.41) is 0.520. The van der Waals surface area contributed by atoms with Gasteiger partial charge in [0.25, 0.3) is 0 Å². The van der Waals surface area contributed by atoms with Crippen LogP contribution in [0.4, 0.5) is 0 Å². The zero-order chi connectivity index (χ0) is 22.6. The first-order chi connectivity index (χ1) is 14.7. The van der Waals surface area contributed by atoms with Gasteiger partial charge in [-0.3, -0.25) is 9.59 Å². The molecule has 0 radical (unpaired) electrons. The summed E-state index contributed by atoms with van der Waals surface area (Å²) < 4.78 is 32.4. The number of ketones is 1. The number of carbonyl (C=O) groups excluding carboxylic acids is 2. The highest BCUT2D eigenvalue weighted by molar-refractivity contribution is 7.89. The standard InChI is InChI=1S/C23H26ClNO5S/c1-16(2)17-5-9-21(10-6-17)31(28,29)25-13-11-19(12-14-25)23(27)30-15-22(26)18-3-7-20(24)8-4-18/h3-10,16,19H,11-15H2,1-2H3. The van der Waals surface area contributed by atoms with E-state index >= 15 is 0 Å². The highest BCUT2D eigenvalue weighted by Crippen LogP contribution is 2.26. The molecule has 0 aliphatic carbocycles. The first kappa shape index (κ1) is 23.4. The van der Waals surface area contributed by atoms with Crippen molar-refractivity contribution in [2.24, 2.45) is 5.92 Å². The molecule has 1 aliphatic rings. The van der Waals surface area contributed by atoms with Crippen molar-refractivity contribution in [3.63, 3.8) is 0 Å². The molecule has 6 nitrogen and oxygen atoms in total. The molecular formula is C23H26ClNO5S. The fourth-order valence-electron chi connectivity index (χ4n) is 3.48. The fourth-order valence-corrected chi connectivity index (χ4v) is 5.07. The fraction of sp³-hybridized carbons (Fsp3) is 0.391. The van der Waals surface area contributed by atoms with Gasteiger partial charge in [-0.15, -0.1) is 0 Å². The van der Waals surface area contributed by atoms with Gasteiger partial charge in [-0.2, -0.15) is 4.31 Å². The second kappa shape index (κ2) is 9.94. The Morgan fingerprint density at radius 2 is 1.61 bits per heavy atom. The number of ether oxygens (including phenoxy) is 1. The highest BCUT2D eigenvalue weighted by Gasteiger charge is 2.33. The summed E-state index contributed by atoms with van der Waals surface area (Å²) in [6.07, 6.45) is 0.717. The summed E-state index contributed by atoms with van der Waals surface area (Å²) in [4.78, 5) is 24.7. The molecule has 0 aromatic heterocycles. The van der Waals surface area contributed by atoms with Gasteiger partial charge in [-0.05, 0) is 60.7 Å². The van der Waals surface area contributed by atoms with E-state index in [4.69, 9.17) is 16.3 Å². The summed E-state index contributed by atoms with van der Waals surface area (Å²) in [5.41, 5.74) is 1.50. The maximum atomic E-state index is 12.9. The molecule has 31 heavy (non-hydrogen) atoms. The van der Waals surface area contributed by atoms with E-state index in [9.17, 15) is 18.0 Å². The lowest BCUT2D eigenvalue weighted by Crippen LogP contribution is -2.40. The minimum atomic E-state index is -3.60. The van der Waals surface area contributed by atoms with Crippen LogP contribution in [0.2, 0.25) is 5.02 Å². The quantitative estimate of drug-likeness (QED) is 0.452. The lowest BCUT2D eigenvalue weighted by molar-refractivity contribution is -0.148. The van der Waals surface area contributed by atoms with Gasteiger partial charge in [0.1, 0.15) is 0 Å². The number of hydrogen-bond acceptors (Lipinski definition) is 5. The molecule has 0 bridgehead atoms. The third kappa shape index (κ3) is 5.73. The monoisotopic (exact) mass is 463 g/mol. The number of esters is 1. The van der Waals surface area contributed by atoms with Crippen molar-refractivity contribution in [2.45, 2.75) is 37.5 Å². The van der Waals surface area contributed by atoms with Gasteiger partial charge in [0.05, 0.1) is 10.8 Å². The van der Waals surface area contributed by atoms with Crippen LogP contribution in [0.5, 0.6) is 0 Å². The van der Waals surface area contributed by atoms with Crippen molar-refractivity contribution in [1.29, 1.82) is 0 Å². The minimum Gasteiger partial charge on any atom is -0.457 e. The number of hydrogen-bond donors (Lipinski definition) is 0. The van der Waals surface area contributed by atoms with E-state index < -0.39 is 21.9 Å². The zero-order valence-corrected chi connectivity index (χ0v) is 19.2. The lowest BCUT2D eigenvalue weighted by atomic mass is 9.98. The van der Waals surface area contributed by atoms with E-state index in [-0.39, 0.29) is 30.4 Å². The Kier molecular flexibility index (Phi) is 7.51. The van der Waals surface area contributed by atoms with Gasteiger partial charge >= 0.3 is 5.97 Å². The number of nitrogens with zero attached hydrogens (tertiary/aromatic N) is 1. The van der Waals surface area contributed by atoms with Crippen LogP contribution in [0, 0.1) is 5.92 Å². The number of carbonyl (C=O) groups is 2. The van der Waals surface area contributed by atoms with E-state index in [1.165, 1.54) is 4.31 Å². The molecular weight excluding hydrogens is 438 g/mol. The normalized spacial score (nSPS) is 15.7. The first-order valence-corrected chi connectivity index (χ1v) is 12.1. The van der Waals surface area contributed by atoms with Gasteiger partial charge in [0.2, 0.25) is 10.0 Å². The van der Waals surface area contributed by atoms with Crippen molar-refractivity contribution in [3.8, 4) is 0 Å². The van der Waals surface area contributed by atoms with Gasteiger partial charge in [-0.25, -0.2) is 8.42 Å². The third-order valence-corrected chi connectivity index (χ3v) is 7.65. The Labute approximate surface area is 188 Å². The molecule has 2 aromatic carbocycles. The predicted octanol–water partition coefficient (Wildman–Crippen LogP) is 4.29. The van der Waals surface area contributed by atoms with E-state index in [2.05, 4.69) is 13.8 Å². The van der Waals surface area contributed by atoms with Crippen LogP contribution in [0.25, 0.3) is 0 Å². The Hall–Kier alpha value is -2.22. The van der Waals surface area contributed by atoms with Crippen molar-refractivity contribution < 1.29 is 22.7 Å². The molecule has 0 saturated carbocycles. The third-order valence-electron chi connectivity index (χ3n) is 5.48. The van der Waals surface area contributed by atoms with Crippen molar-refractivity contribution in [1.82, 2.24) is 4.31 Å². The minimum absolute atomic E-state index is 0.235. The van der Waals surface area contributed by atoms with E-state index in [1.807, 2.05) is 12.1 Å².